The smallest absolute Gasteiger partial charge is 0.294 e. The Bertz CT molecular complexity index is 1440. The Kier molecular flexibility index (Phi) is 5.50. The second-order valence-corrected chi connectivity index (χ2v) is 8.01. The summed E-state index contributed by atoms with van der Waals surface area (Å²) in [5.41, 5.74) is 1.51. The number of hydrogen-bond donors (Lipinski definition) is 1. The monoisotopic (exact) mass is 459 g/mol. The zero-order valence-electron chi connectivity index (χ0n) is 18.1. The molecule has 1 aliphatic heterocycles. The molecule has 1 amide bonds. The van der Waals surface area contributed by atoms with Crippen molar-refractivity contribution >= 4 is 34.0 Å². The Labute approximate surface area is 193 Å². The number of nitrogens with zero attached hydrogens (tertiary/aromatic N) is 6. The first-order valence-electron chi connectivity index (χ1n) is 10.8. The second-order valence-electron chi connectivity index (χ2n) is 8.01. The van der Waals surface area contributed by atoms with E-state index in [1.165, 1.54) is 46.7 Å². The van der Waals surface area contributed by atoms with E-state index in [9.17, 15) is 19.7 Å². The van der Waals surface area contributed by atoms with Gasteiger partial charge in [0.25, 0.3) is 11.2 Å². The van der Waals surface area contributed by atoms with Gasteiger partial charge in [0.1, 0.15) is 23.9 Å². The maximum absolute atomic E-state index is 12.9. The lowest BCUT2D eigenvalue weighted by Gasteiger charge is -2.17. The lowest BCUT2D eigenvalue weighted by molar-refractivity contribution is -0.384. The third-order valence-corrected chi connectivity index (χ3v) is 5.80. The van der Waals surface area contributed by atoms with Gasteiger partial charge in [-0.1, -0.05) is 12.1 Å². The first kappa shape index (κ1) is 21.3. The van der Waals surface area contributed by atoms with Gasteiger partial charge in [0.15, 0.2) is 5.65 Å². The van der Waals surface area contributed by atoms with E-state index >= 15 is 0 Å². The Morgan fingerprint density at radius 2 is 1.82 bits per heavy atom. The van der Waals surface area contributed by atoms with E-state index in [1.807, 2.05) is 24.3 Å². The van der Waals surface area contributed by atoms with Gasteiger partial charge in [-0.2, -0.15) is 5.10 Å². The van der Waals surface area contributed by atoms with Crippen molar-refractivity contribution in [2.24, 2.45) is 0 Å². The van der Waals surface area contributed by atoms with Gasteiger partial charge in [0, 0.05) is 30.5 Å². The van der Waals surface area contributed by atoms with Crippen LogP contribution in [0.3, 0.4) is 0 Å². The van der Waals surface area contributed by atoms with Crippen molar-refractivity contribution in [1.29, 1.82) is 0 Å². The summed E-state index contributed by atoms with van der Waals surface area (Å²) in [5, 5.41) is 18.4. The van der Waals surface area contributed by atoms with Crippen molar-refractivity contribution in [1.82, 2.24) is 19.3 Å². The summed E-state index contributed by atoms with van der Waals surface area (Å²) in [5.74, 6) is -0.372. The Hall–Kier alpha value is -4.54. The Morgan fingerprint density at radius 3 is 2.56 bits per heavy atom. The summed E-state index contributed by atoms with van der Waals surface area (Å²) in [4.78, 5) is 42.9. The minimum atomic E-state index is -0.522. The number of fused-ring (bicyclic) bond motifs is 1. The molecule has 0 unspecified atom stereocenters. The zero-order valence-corrected chi connectivity index (χ0v) is 18.1. The van der Waals surface area contributed by atoms with Crippen LogP contribution < -0.4 is 15.8 Å². The Morgan fingerprint density at radius 1 is 1.09 bits per heavy atom. The quantitative estimate of drug-likeness (QED) is 0.347. The number of rotatable bonds is 6. The fourth-order valence-corrected chi connectivity index (χ4v) is 4.12. The van der Waals surface area contributed by atoms with E-state index in [0.29, 0.717) is 5.69 Å². The molecule has 0 atom stereocenters. The van der Waals surface area contributed by atoms with E-state index in [-0.39, 0.29) is 34.9 Å². The molecule has 4 aromatic rings. The SMILES string of the molecule is O=C(Cn1cnc2c(cnn2-c2ccccc2[N+](=O)[O-])c1=O)Nc1ccc(N2CCCC2)cc1. The highest BCUT2D eigenvalue weighted by molar-refractivity contribution is 5.91. The van der Waals surface area contributed by atoms with E-state index in [0.717, 1.165) is 18.8 Å². The van der Waals surface area contributed by atoms with Gasteiger partial charge in [-0.25, -0.2) is 9.67 Å². The van der Waals surface area contributed by atoms with Crippen LogP contribution in [0.1, 0.15) is 12.8 Å². The van der Waals surface area contributed by atoms with Crippen molar-refractivity contribution < 1.29 is 9.72 Å². The third-order valence-electron chi connectivity index (χ3n) is 5.80. The molecule has 1 aliphatic rings. The highest BCUT2D eigenvalue weighted by Crippen LogP contribution is 2.24. The number of benzene rings is 2. The van der Waals surface area contributed by atoms with Crippen LogP contribution in [0.2, 0.25) is 0 Å². The van der Waals surface area contributed by atoms with Gasteiger partial charge in [0.05, 0.1) is 11.1 Å². The molecule has 0 aliphatic carbocycles. The largest absolute Gasteiger partial charge is 0.372 e. The van der Waals surface area contributed by atoms with E-state index in [4.69, 9.17) is 0 Å². The molecule has 1 saturated heterocycles. The molecule has 172 valence electrons. The molecule has 5 rings (SSSR count). The molecule has 1 fully saturated rings. The third kappa shape index (κ3) is 3.98. The van der Waals surface area contributed by atoms with Crippen LogP contribution in [0.15, 0.2) is 65.8 Å². The number of anilines is 2. The maximum Gasteiger partial charge on any atom is 0.294 e. The van der Waals surface area contributed by atoms with Crippen molar-refractivity contribution in [2.75, 3.05) is 23.3 Å². The average molecular weight is 459 g/mol. The average Bonchev–Trinajstić information content (AvgIpc) is 3.52. The van der Waals surface area contributed by atoms with Crippen LogP contribution in [0, 0.1) is 10.1 Å². The van der Waals surface area contributed by atoms with Gasteiger partial charge in [-0.15, -0.1) is 0 Å². The first-order valence-corrected chi connectivity index (χ1v) is 10.8. The highest BCUT2D eigenvalue weighted by Gasteiger charge is 2.19. The fourth-order valence-electron chi connectivity index (χ4n) is 4.12. The first-order chi connectivity index (χ1) is 16.5. The summed E-state index contributed by atoms with van der Waals surface area (Å²) < 4.78 is 2.43. The summed E-state index contributed by atoms with van der Waals surface area (Å²) in [6.45, 7) is 1.85. The molecular weight excluding hydrogens is 438 g/mol. The molecule has 2 aromatic carbocycles. The molecule has 34 heavy (non-hydrogen) atoms. The number of nitro groups is 1. The predicted octanol–water partition coefficient (Wildman–Crippen LogP) is 2.73. The zero-order chi connectivity index (χ0) is 23.7. The number of nitrogens with one attached hydrogen (secondary N) is 1. The molecule has 11 nitrogen and oxygen atoms in total. The molecule has 11 heteroatoms. The predicted molar refractivity (Wildman–Crippen MR) is 126 cm³/mol. The number of para-hydroxylation sites is 2. The van der Waals surface area contributed by atoms with Crippen LogP contribution in [0.25, 0.3) is 16.7 Å². The van der Waals surface area contributed by atoms with Crippen molar-refractivity contribution in [2.45, 2.75) is 19.4 Å². The number of nitro benzene ring substituents is 1. The number of aromatic nitrogens is 4. The topological polar surface area (TPSA) is 128 Å². The number of carbonyl (C=O) groups excluding carboxylic acids is 1. The summed E-state index contributed by atoms with van der Waals surface area (Å²) in [6, 6.07) is 13.7. The Balaban J connectivity index is 1.35. The molecule has 0 saturated carbocycles. The number of hydrogen-bond acceptors (Lipinski definition) is 7. The molecule has 2 aromatic heterocycles. The number of carbonyl (C=O) groups is 1. The lowest BCUT2D eigenvalue weighted by Crippen LogP contribution is -2.27. The van der Waals surface area contributed by atoms with Crippen LogP contribution in [-0.2, 0) is 11.3 Å². The van der Waals surface area contributed by atoms with Gasteiger partial charge in [-0.05, 0) is 43.2 Å². The van der Waals surface area contributed by atoms with Gasteiger partial charge in [0.2, 0.25) is 5.91 Å². The number of amides is 1. The fraction of sp³-hybridized carbons (Fsp3) is 0.217. The van der Waals surface area contributed by atoms with Gasteiger partial charge >= 0.3 is 0 Å². The molecular formula is C23H21N7O4. The van der Waals surface area contributed by atoms with Crippen LogP contribution in [0.4, 0.5) is 17.1 Å². The van der Waals surface area contributed by atoms with Crippen molar-refractivity contribution in [3.63, 3.8) is 0 Å². The second kappa shape index (κ2) is 8.77. The van der Waals surface area contributed by atoms with Crippen LogP contribution in [0.5, 0.6) is 0 Å². The standard InChI is InChI=1S/C23H21N7O4/c31-21(26-16-7-9-17(10-8-16)27-11-3-4-12-27)14-28-15-24-22-18(23(28)32)13-25-29(22)19-5-1-2-6-20(19)30(33)34/h1-2,5-10,13,15H,3-4,11-12,14H2,(H,26,31). The normalized spacial score (nSPS) is 13.4. The van der Waals surface area contributed by atoms with E-state index < -0.39 is 10.5 Å². The van der Waals surface area contributed by atoms with Crippen LogP contribution >= 0.6 is 0 Å². The van der Waals surface area contributed by atoms with Gasteiger partial charge < -0.3 is 10.2 Å². The summed E-state index contributed by atoms with van der Waals surface area (Å²) in [6.07, 6.45) is 4.92. The molecule has 0 radical (unpaired) electrons. The molecule has 0 spiro atoms. The minimum Gasteiger partial charge on any atom is -0.372 e. The highest BCUT2D eigenvalue weighted by atomic mass is 16.6. The summed E-state index contributed by atoms with van der Waals surface area (Å²) >= 11 is 0. The maximum atomic E-state index is 12.9. The summed E-state index contributed by atoms with van der Waals surface area (Å²) in [7, 11) is 0. The van der Waals surface area contributed by atoms with Crippen LogP contribution in [-0.4, -0.2) is 43.3 Å². The molecule has 1 N–H and O–H groups in total. The van der Waals surface area contributed by atoms with Gasteiger partial charge in [-0.3, -0.25) is 24.3 Å². The van der Waals surface area contributed by atoms with E-state index in [1.54, 1.807) is 12.1 Å². The molecule has 3 heterocycles. The molecule has 0 bridgehead atoms. The lowest BCUT2D eigenvalue weighted by atomic mass is 10.2. The van der Waals surface area contributed by atoms with E-state index in [2.05, 4.69) is 20.3 Å². The van der Waals surface area contributed by atoms with Crippen molar-refractivity contribution in [3.05, 3.63) is 81.5 Å². The minimum absolute atomic E-state index is 0.156. The van der Waals surface area contributed by atoms with Crippen molar-refractivity contribution in [3.8, 4) is 5.69 Å².